The second-order valence-corrected chi connectivity index (χ2v) is 10.9. The van der Waals surface area contributed by atoms with Gasteiger partial charge in [-0.2, -0.15) is 0 Å². The molecule has 40 heavy (non-hydrogen) atoms. The van der Waals surface area contributed by atoms with Crippen LogP contribution in [-0.4, -0.2) is 49.5 Å². The number of para-hydroxylation sites is 2. The first-order valence-corrected chi connectivity index (χ1v) is 13.8. The van der Waals surface area contributed by atoms with E-state index < -0.39 is 23.6 Å². The molecule has 3 aromatic carbocycles. The SMILES string of the molecule is CCOC(=O)C1Nc2ccc(C)cc2[C@@H]2[C@H]1[C@@H](c1ccccc1)[C@H](C(=O)N(C)OC)[C@@]1(C)Oc3ccccc3N21. The number of carbonyl (C=O) groups excluding carboxylic acids is 2. The number of amides is 1. The lowest BCUT2D eigenvalue weighted by Crippen LogP contribution is -2.69. The van der Waals surface area contributed by atoms with Gasteiger partial charge in [0.25, 0.3) is 5.91 Å². The molecule has 0 saturated carbocycles. The molecule has 0 spiro atoms. The third-order valence-corrected chi connectivity index (χ3v) is 8.71. The first-order chi connectivity index (χ1) is 19.3. The van der Waals surface area contributed by atoms with E-state index in [1.807, 2.05) is 80.6 Å². The Kier molecular flexibility index (Phi) is 6.45. The topological polar surface area (TPSA) is 80.3 Å². The molecule has 8 heteroatoms. The van der Waals surface area contributed by atoms with Crippen molar-refractivity contribution < 1.29 is 23.9 Å². The number of piperidine rings is 1. The van der Waals surface area contributed by atoms with E-state index in [1.54, 1.807) is 7.05 Å². The number of hydroxylamine groups is 2. The third kappa shape index (κ3) is 3.84. The molecule has 1 unspecified atom stereocenters. The molecule has 1 N–H and O–H groups in total. The molecule has 0 aromatic heterocycles. The smallest absolute Gasteiger partial charge is 0.328 e. The van der Waals surface area contributed by atoms with Gasteiger partial charge in [-0.15, -0.1) is 0 Å². The summed E-state index contributed by atoms with van der Waals surface area (Å²) in [7, 11) is 3.10. The van der Waals surface area contributed by atoms with Crippen LogP contribution in [0.4, 0.5) is 11.4 Å². The van der Waals surface area contributed by atoms with Crippen molar-refractivity contribution in [3.05, 3.63) is 89.5 Å². The van der Waals surface area contributed by atoms with E-state index >= 15 is 0 Å². The van der Waals surface area contributed by atoms with Crippen LogP contribution in [0.3, 0.4) is 0 Å². The highest BCUT2D eigenvalue weighted by Crippen LogP contribution is 2.63. The highest BCUT2D eigenvalue weighted by molar-refractivity contribution is 5.87. The van der Waals surface area contributed by atoms with Gasteiger partial charge < -0.3 is 19.7 Å². The Labute approximate surface area is 234 Å². The maximum Gasteiger partial charge on any atom is 0.328 e. The average molecular weight is 542 g/mol. The van der Waals surface area contributed by atoms with Gasteiger partial charge in [-0.3, -0.25) is 9.63 Å². The first-order valence-electron chi connectivity index (χ1n) is 13.8. The van der Waals surface area contributed by atoms with Gasteiger partial charge in [0, 0.05) is 24.6 Å². The summed E-state index contributed by atoms with van der Waals surface area (Å²) in [5, 5.41) is 4.80. The fraction of sp³-hybridized carbons (Fsp3) is 0.375. The van der Waals surface area contributed by atoms with Crippen LogP contribution in [0.15, 0.2) is 72.8 Å². The summed E-state index contributed by atoms with van der Waals surface area (Å²) < 4.78 is 12.5. The van der Waals surface area contributed by atoms with E-state index in [9.17, 15) is 9.59 Å². The summed E-state index contributed by atoms with van der Waals surface area (Å²) in [4.78, 5) is 35.8. The molecule has 3 aliphatic heterocycles. The fourth-order valence-corrected chi connectivity index (χ4v) is 7.08. The van der Waals surface area contributed by atoms with Crippen molar-refractivity contribution >= 4 is 23.3 Å². The van der Waals surface area contributed by atoms with Gasteiger partial charge in [0.05, 0.1) is 25.4 Å². The van der Waals surface area contributed by atoms with E-state index in [2.05, 4.69) is 23.2 Å². The number of nitrogens with one attached hydrogen (secondary N) is 1. The van der Waals surface area contributed by atoms with Gasteiger partial charge in [-0.25, -0.2) is 9.86 Å². The molecule has 1 fully saturated rings. The van der Waals surface area contributed by atoms with Gasteiger partial charge in [-0.05, 0) is 50.1 Å². The van der Waals surface area contributed by atoms with Crippen molar-refractivity contribution in [3.63, 3.8) is 0 Å². The van der Waals surface area contributed by atoms with Crippen LogP contribution in [0.1, 0.15) is 42.5 Å². The first kappa shape index (κ1) is 26.2. The maximum absolute atomic E-state index is 14.3. The molecule has 0 aliphatic carbocycles. The number of hydrogen-bond donors (Lipinski definition) is 1. The standard InChI is InChI=1S/C32H35N3O5/c1-6-39-31(37)28-26-25(20-12-8-7-9-13-20)27(30(36)34(4)38-5)32(3)35(23-14-10-11-15-24(23)40-32)29(26)21-18-19(2)16-17-22(21)33-28/h7-18,25-29,33H,6H2,1-5H3/t25-,26+,27-,28?,29-,32-/m1/s1. The van der Waals surface area contributed by atoms with Crippen LogP contribution in [0.5, 0.6) is 5.75 Å². The van der Waals surface area contributed by atoms with Crippen molar-refractivity contribution in [3.8, 4) is 5.75 Å². The predicted molar refractivity (Wildman–Crippen MR) is 152 cm³/mol. The van der Waals surface area contributed by atoms with Crippen LogP contribution in [0.2, 0.25) is 0 Å². The van der Waals surface area contributed by atoms with E-state index in [0.29, 0.717) is 5.75 Å². The summed E-state index contributed by atoms with van der Waals surface area (Å²) >= 11 is 0. The summed E-state index contributed by atoms with van der Waals surface area (Å²) in [5.74, 6) is -1.38. The van der Waals surface area contributed by atoms with Crippen molar-refractivity contribution in [1.29, 1.82) is 0 Å². The van der Waals surface area contributed by atoms with Gasteiger partial charge in [-0.1, -0.05) is 60.2 Å². The zero-order chi connectivity index (χ0) is 28.2. The Morgan fingerprint density at radius 2 is 1.80 bits per heavy atom. The number of fused-ring (bicyclic) bond motifs is 7. The van der Waals surface area contributed by atoms with Gasteiger partial charge in [0.1, 0.15) is 17.7 Å². The number of aryl methyl sites for hydroxylation is 1. The highest BCUT2D eigenvalue weighted by atomic mass is 16.7. The molecular weight excluding hydrogens is 506 g/mol. The Bertz CT molecular complexity index is 1450. The van der Waals surface area contributed by atoms with Gasteiger partial charge in [0.15, 0.2) is 5.72 Å². The quantitative estimate of drug-likeness (QED) is 0.357. The Hall–Kier alpha value is -4.04. The van der Waals surface area contributed by atoms with E-state index in [4.69, 9.17) is 14.3 Å². The highest BCUT2D eigenvalue weighted by Gasteiger charge is 2.67. The van der Waals surface area contributed by atoms with Crippen molar-refractivity contribution in [1.82, 2.24) is 5.06 Å². The summed E-state index contributed by atoms with van der Waals surface area (Å²) in [6, 6.07) is 23.1. The average Bonchev–Trinajstić information content (AvgIpc) is 3.28. The molecule has 8 nitrogen and oxygen atoms in total. The Morgan fingerprint density at radius 1 is 1.07 bits per heavy atom. The minimum Gasteiger partial charge on any atom is -0.465 e. The number of rotatable bonds is 5. The number of benzene rings is 3. The summed E-state index contributed by atoms with van der Waals surface area (Å²) in [5.41, 5.74) is 3.81. The molecule has 6 atom stereocenters. The van der Waals surface area contributed by atoms with Gasteiger partial charge >= 0.3 is 5.97 Å². The van der Waals surface area contributed by atoms with E-state index in [0.717, 1.165) is 28.1 Å². The normalized spacial score (nSPS) is 27.7. The monoisotopic (exact) mass is 541 g/mol. The minimum absolute atomic E-state index is 0.229. The molecule has 3 aromatic rings. The molecule has 3 heterocycles. The molecule has 1 saturated heterocycles. The fourth-order valence-electron chi connectivity index (χ4n) is 7.08. The number of ether oxygens (including phenoxy) is 2. The van der Waals surface area contributed by atoms with E-state index in [1.165, 1.54) is 12.2 Å². The summed E-state index contributed by atoms with van der Waals surface area (Å²) in [6.45, 7) is 6.12. The summed E-state index contributed by atoms with van der Waals surface area (Å²) in [6.07, 6.45) is 0. The number of anilines is 2. The van der Waals surface area contributed by atoms with Crippen LogP contribution in [-0.2, 0) is 19.2 Å². The van der Waals surface area contributed by atoms with Crippen molar-refractivity contribution in [2.24, 2.45) is 11.8 Å². The predicted octanol–water partition coefficient (Wildman–Crippen LogP) is 5.06. The lowest BCUT2D eigenvalue weighted by Gasteiger charge is -2.59. The minimum atomic E-state index is -1.08. The molecule has 1 amide bonds. The zero-order valence-electron chi connectivity index (χ0n) is 23.5. The van der Waals surface area contributed by atoms with Crippen molar-refractivity contribution in [2.75, 3.05) is 31.0 Å². The van der Waals surface area contributed by atoms with E-state index in [-0.39, 0.29) is 30.4 Å². The molecule has 3 aliphatic rings. The largest absolute Gasteiger partial charge is 0.465 e. The van der Waals surface area contributed by atoms with Crippen LogP contribution in [0, 0.1) is 18.8 Å². The lowest BCUT2D eigenvalue weighted by molar-refractivity contribution is -0.185. The van der Waals surface area contributed by atoms with Crippen LogP contribution >= 0.6 is 0 Å². The molecule has 6 rings (SSSR count). The second kappa shape index (κ2) is 9.86. The number of carbonyl (C=O) groups is 2. The van der Waals surface area contributed by atoms with Gasteiger partial charge in [0.2, 0.25) is 0 Å². The Morgan fingerprint density at radius 3 is 2.52 bits per heavy atom. The van der Waals surface area contributed by atoms with Crippen LogP contribution in [0.25, 0.3) is 0 Å². The number of esters is 1. The molecule has 208 valence electrons. The molecule has 0 bridgehead atoms. The Balaban J connectivity index is 1.68. The lowest BCUT2D eigenvalue weighted by atomic mass is 9.60. The zero-order valence-corrected chi connectivity index (χ0v) is 23.5. The maximum atomic E-state index is 14.3. The molecule has 0 radical (unpaired) electrons. The second-order valence-electron chi connectivity index (χ2n) is 10.9. The number of hydrogen-bond acceptors (Lipinski definition) is 7. The van der Waals surface area contributed by atoms with Crippen molar-refractivity contribution in [2.45, 2.75) is 44.5 Å². The van der Waals surface area contributed by atoms with Crippen LogP contribution < -0.4 is 15.0 Å². The molecular formula is C32H35N3O5. The third-order valence-electron chi connectivity index (χ3n) is 8.71. The number of nitrogens with zero attached hydrogens (tertiary/aromatic N) is 2.